The number of alkyl halides is 9. The molecule has 0 bridgehead atoms. The van der Waals surface area contributed by atoms with Crippen LogP contribution in [0.2, 0.25) is 0 Å². The third-order valence-electron chi connectivity index (χ3n) is 4.29. The minimum atomic E-state index is -6.66. The molecule has 0 aliphatic heterocycles. The second-order valence-electron chi connectivity index (χ2n) is 6.52. The fourth-order valence-electron chi connectivity index (χ4n) is 2.84. The molecule has 1 saturated carbocycles. The van der Waals surface area contributed by atoms with Crippen molar-refractivity contribution in [2.24, 2.45) is 0 Å². The largest absolute Gasteiger partial charge is 0.491 e. The molecule has 1 aliphatic rings. The zero-order valence-electron chi connectivity index (χ0n) is 13.9. The summed E-state index contributed by atoms with van der Waals surface area (Å²) in [5, 5.41) is 9.97. The lowest BCUT2D eigenvalue weighted by molar-refractivity contribution is -0.303. The number of para-hydroxylation sites is 1. The van der Waals surface area contributed by atoms with Gasteiger partial charge in [-0.1, -0.05) is 18.2 Å². The van der Waals surface area contributed by atoms with Gasteiger partial charge in [0.2, 0.25) is 0 Å². The van der Waals surface area contributed by atoms with E-state index in [1.807, 2.05) is 0 Å². The summed E-state index contributed by atoms with van der Waals surface area (Å²) < 4.78 is 128. The molecule has 0 saturated heterocycles. The fraction of sp³-hybridized carbons (Fsp3) is 0.625. The van der Waals surface area contributed by atoms with E-state index < -0.39 is 53.6 Å². The highest BCUT2D eigenvalue weighted by Crippen LogP contribution is 2.70. The molecule has 154 valence electrons. The van der Waals surface area contributed by atoms with Gasteiger partial charge >= 0.3 is 23.7 Å². The molecule has 1 N–H and O–H groups in total. The normalized spacial score (nSPS) is 25.4. The van der Waals surface area contributed by atoms with Gasteiger partial charge in [-0.05, 0) is 19.9 Å². The van der Waals surface area contributed by atoms with Crippen molar-refractivity contribution < 1.29 is 49.4 Å². The lowest BCUT2D eigenvalue weighted by Crippen LogP contribution is -2.55. The number of aliphatic hydroxyl groups is 1. The summed E-state index contributed by atoms with van der Waals surface area (Å²) in [5.41, 5.74) is -6.20. The van der Waals surface area contributed by atoms with Crippen molar-refractivity contribution in [2.75, 3.05) is 0 Å². The van der Waals surface area contributed by atoms with Gasteiger partial charge in [0.1, 0.15) is 5.75 Å². The Labute approximate surface area is 147 Å². The van der Waals surface area contributed by atoms with E-state index in [-0.39, 0.29) is 5.75 Å². The van der Waals surface area contributed by atoms with Crippen LogP contribution in [0.5, 0.6) is 5.75 Å². The third-order valence-corrected chi connectivity index (χ3v) is 4.29. The molecule has 0 spiro atoms. The molecule has 27 heavy (non-hydrogen) atoms. The van der Waals surface area contributed by atoms with E-state index in [0.717, 1.165) is 6.07 Å². The Hall–Kier alpha value is -1.65. The zero-order chi connectivity index (χ0) is 21.1. The van der Waals surface area contributed by atoms with E-state index in [4.69, 9.17) is 4.74 Å². The van der Waals surface area contributed by atoms with Gasteiger partial charge in [0, 0.05) is 12.0 Å². The number of rotatable bonds is 5. The van der Waals surface area contributed by atoms with Crippen molar-refractivity contribution in [1.29, 1.82) is 0 Å². The van der Waals surface area contributed by atoms with Gasteiger partial charge in [-0.3, -0.25) is 0 Å². The predicted molar refractivity (Wildman–Crippen MR) is 75.4 cm³/mol. The molecule has 1 fully saturated rings. The van der Waals surface area contributed by atoms with Crippen LogP contribution in [0.4, 0.5) is 39.5 Å². The smallest absolute Gasteiger partial charge is 0.381 e. The minimum Gasteiger partial charge on any atom is -0.491 e. The Balaban J connectivity index is 2.50. The van der Waals surface area contributed by atoms with Gasteiger partial charge in [0.15, 0.2) is 0 Å². The van der Waals surface area contributed by atoms with Gasteiger partial charge in [-0.25, -0.2) is 4.39 Å². The first-order chi connectivity index (χ1) is 12.0. The number of ether oxygens (including phenoxy) is 1. The maximum Gasteiger partial charge on any atom is 0.381 e. The van der Waals surface area contributed by atoms with Gasteiger partial charge in [0.05, 0.1) is 12.2 Å². The number of benzene rings is 1. The quantitative estimate of drug-likeness (QED) is 0.680. The van der Waals surface area contributed by atoms with E-state index in [0.29, 0.717) is 0 Å². The molecule has 0 aromatic heterocycles. The van der Waals surface area contributed by atoms with Crippen molar-refractivity contribution in [3.8, 4) is 5.75 Å². The Kier molecular flexibility index (Phi) is 4.95. The molecule has 1 unspecified atom stereocenters. The van der Waals surface area contributed by atoms with Crippen LogP contribution in [-0.4, -0.2) is 40.6 Å². The third kappa shape index (κ3) is 2.68. The van der Waals surface area contributed by atoms with E-state index in [1.54, 1.807) is 0 Å². The monoisotopic (exact) mass is 410 g/mol. The molecule has 2 rings (SSSR count). The standard InChI is InChI=1S/C16H15F9O2/c1-8(2)27-11-6-4-3-5-9(11)10(26)7-12(17)13(18,19)15(22,23)16(24,25)14(12,20)21/h3-6,8,10,26H,7H2,1-2H3. The molecule has 1 aromatic carbocycles. The number of hydrogen-bond donors (Lipinski definition) is 1. The van der Waals surface area contributed by atoms with Crippen LogP contribution >= 0.6 is 0 Å². The second kappa shape index (κ2) is 6.18. The van der Waals surface area contributed by atoms with E-state index in [9.17, 15) is 44.6 Å². The first-order valence-corrected chi connectivity index (χ1v) is 7.68. The zero-order valence-corrected chi connectivity index (χ0v) is 13.9. The number of hydrogen-bond acceptors (Lipinski definition) is 2. The molecule has 1 aliphatic carbocycles. The molecule has 0 amide bonds. The Bertz CT molecular complexity index is 677. The molecule has 0 heterocycles. The summed E-state index contributed by atoms with van der Waals surface area (Å²) >= 11 is 0. The van der Waals surface area contributed by atoms with Crippen LogP contribution in [0.3, 0.4) is 0 Å². The van der Waals surface area contributed by atoms with Crippen molar-refractivity contribution in [2.45, 2.75) is 61.8 Å². The van der Waals surface area contributed by atoms with Crippen LogP contribution in [0.1, 0.15) is 31.9 Å². The Morgan fingerprint density at radius 2 is 1.26 bits per heavy atom. The highest BCUT2D eigenvalue weighted by Gasteiger charge is 3.00. The average Bonchev–Trinajstić information content (AvgIpc) is 2.57. The van der Waals surface area contributed by atoms with Crippen LogP contribution < -0.4 is 4.74 Å². The number of halogens is 9. The van der Waals surface area contributed by atoms with Gasteiger partial charge < -0.3 is 9.84 Å². The van der Waals surface area contributed by atoms with Crippen LogP contribution in [-0.2, 0) is 0 Å². The summed E-state index contributed by atoms with van der Waals surface area (Å²) in [6.45, 7) is 3.03. The Morgan fingerprint density at radius 1 is 0.815 bits per heavy atom. The summed E-state index contributed by atoms with van der Waals surface area (Å²) in [7, 11) is 0. The summed E-state index contributed by atoms with van der Waals surface area (Å²) in [6, 6.07) is 4.70. The van der Waals surface area contributed by atoms with Crippen LogP contribution in [0, 0.1) is 0 Å². The molecule has 2 nitrogen and oxygen atoms in total. The maximum absolute atomic E-state index is 14.5. The van der Waals surface area contributed by atoms with E-state index in [2.05, 4.69) is 0 Å². The fourth-order valence-corrected chi connectivity index (χ4v) is 2.84. The van der Waals surface area contributed by atoms with E-state index in [1.165, 1.54) is 32.0 Å². The van der Waals surface area contributed by atoms with Crippen molar-refractivity contribution in [3.05, 3.63) is 29.8 Å². The number of aliphatic hydroxyl groups excluding tert-OH is 1. The first kappa shape index (κ1) is 21.6. The van der Waals surface area contributed by atoms with Crippen LogP contribution in [0.15, 0.2) is 24.3 Å². The van der Waals surface area contributed by atoms with Gasteiger partial charge in [-0.2, -0.15) is 35.1 Å². The lowest BCUT2D eigenvalue weighted by atomic mass is 9.87. The Morgan fingerprint density at radius 3 is 1.70 bits per heavy atom. The molecular formula is C16H15F9O2. The van der Waals surface area contributed by atoms with Crippen molar-refractivity contribution in [3.63, 3.8) is 0 Å². The van der Waals surface area contributed by atoms with Gasteiger partial charge in [-0.15, -0.1) is 0 Å². The molecule has 11 heteroatoms. The van der Waals surface area contributed by atoms with Crippen molar-refractivity contribution >= 4 is 0 Å². The molecule has 1 atom stereocenters. The molecule has 1 aromatic rings. The SMILES string of the molecule is CC(C)Oc1ccccc1C(O)CC1(F)C(F)(F)C(F)(F)C(F)(F)C1(F)F. The van der Waals surface area contributed by atoms with Gasteiger partial charge in [0.25, 0.3) is 5.67 Å². The minimum absolute atomic E-state index is 0.230. The highest BCUT2D eigenvalue weighted by atomic mass is 19.4. The summed E-state index contributed by atoms with van der Waals surface area (Å²) in [5.74, 6) is -26.4. The molecule has 0 radical (unpaired) electrons. The summed E-state index contributed by atoms with van der Waals surface area (Å²) in [6.07, 6.45) is -5.50. The predicted octanol–water partition coefficient (Wildman–Crippen LogP) is 5.16. The van der Waals surface area contributed by atoms with Crippen molar-refractivity contribution in [1.82, 2.24) is 0 Å². The lowest BCUT2D eigenvalue weighted by Gasteiger charge is -2.33. The first-order valence-electron chi connectivity index (χ1n) is 7.68. The molecular weight excluding hydrogens is 395 g/mol. The summed E-state index contributed by atoms with van der Waals surface area (Å²) in [4.78, 5) is 0. The average molecular weight is 410 g/mol. The maximum atomic E-state index is 14.5. The topological polar surface area (TPSA) is 29.5 Å². The van der Waals surface area contributed by atoms with E-state index >= 15 is 0 Å². The second-order valence-corrected chi connectivity index (χ2v) is 6.52. The van der Waals surface area contributed by atoms with Crippen LogP contribution in [0.25, 0.3) is 0 Å². The highest BCUT2D eigenvalue weighted by molar-refractivity contribution is 5.37.